The largest absolute Gasteiger partial charge is 0.323 e. The van der Waals surface area contributed by atoms with Gasteiger partial charge in [-0.25, -0.2) is 13.9 Å². The summed E-state index contributed by atoms with van der Waals surface area (Å²) in [7, 11) is 0. The number of aromatic nitrogens is 3. The molecule has 3 aromatic carbocycles. The summed E-state index contributed by atoms with van der Waals surface area (Å²) in [6.45, 7) is 4.31. The van der Waals surface area contributed by atoms with E-state index in [1.54, 1.807) is 23.1 Å². The molecule has 6 nitrogen and oxygen atoms in total. The lowest BCUT2D eigenvalue weighted by Crippen LogP contribution is -2.38. The summed E-state index contributed by atoms with van der Waals surface area (Å²) in [5.74, 6) is 0.551. The molecular weight excluding hydrogens is 513 g/mol. The van der Waals surface area contributed by atoms with E-state index in [1.165, 1.54) is 12.1 Å². The first-order valence-electron chi connectivity index (χ1n) is 12.9. The number of para-hydroxylation sites is 1. The van der Waals surface area contributed by atoms with Gasteiger partial charge in [-0.1, -0.05) is 54.9 Å². The topological polar surface area (TPSA) is 55.1 Å². The molecule has 196 valence electrons. The van der Waals surface area contributed by atoms with Crippen LogP contribution in [0.5, 0.6) is 0 Å². The van der Waals surface area contributed by atoms with E-state index < -0.39 is 6.04 Å². The van der Waals surface area contributed by atoms with Crippen LogP contribution in [0.4, 0.5) is 14.9 Å². The number of carbonyl (C=O) groups is 1. The second-order valence-corrected chi connectivity index (χ2v) is 10.1. The molecule has 1 atom stereocenters. The average molecular weight is 540 g/mol. The van der Waals surface area contributed by atoms with Gasteiger partial charge in [-0.3, -0.25) is 0 Å². The lowest BCUT2D eigenvalue weighted by Gasteiger charge is -2.31. The number of nitrogens with zero attached hydrogens (tertiary/aromatic N) is 4. The molecule has 0 saturated carbocycles. The van der Waals surface area contributed by atoms with Gasteiger partial charge in [0.2, 0.25) is 0 Å². The molecule has 2 amide bonds. The van der Waals surface area contributed by atoms with Gasteiger partial charge in [-0.2, -0.15) is 5.10 Å². The van der Waals surface area contributed by atoms with Crippen LogP contribution < -0.4 is 5.32 Å². The molecule has 5 aromatic rings. The molecule has 0 fully saturated rings. The van der Waals surface area contributed by atoms with Crippen molar-refractivity contribution in [3.63, 3.8) is 0 Å². The van der Waals surface area contributed by atoms with Crippen LogP contribution in [0.25, 0.3) is 11.5 Å². The predicted molar refractivity (Wildman–Crippen MR) is 151 cm³/mol. The van der Waals surface area contributed by atoms with Crippen molar-refractivity contribution in [3.05, 3.63) is 130 Å². The van der Waals surface area contributed by atoms with Crippen molar-refractivity contribution in [2.24, 2.45) is 0 Å². The van der Waals surface area contributed by atoms with Crippen molar-refractivity contribution < 1.29 is 9.18 Å². The molecule has 0 saturated heterocycles. The third-order valence-corrected chi connectivity index (χ3v) is 7.43. The Kier molecular flexibility index (Phi) is 6.45. The minimum atomic E-state index is -0.494. The van der Waals surface area contributed by atoms with E-state index in [-0.39, 0.29) is 11.8 Å². The third kappa shape index (κ3) is 4.49. The molecule has 6 rings (SSSR count). The van der Waals surface area contributed by atoms with Crippen LogP contribution in [0.3, 0.4) is 0 Å². The van der Waals surface area contributed by atoms with Gasteiger partial charge in [0.25, 0.3) is 0 Å². The molecule has 39 heavy (non-hydrogen) atoms. The van der Waals surface area contributed by atoms with E-state index in [0.29, 0.717) is 23.7 Å². The molecule has 8 heteroatoms. The molecule has 2 aromatic heterocycles. The normalized spacial score (nSPS) is 14.5. The summed E-state index contributed by atoms with van der Waals surface area (Å²) in [5, 5.41) is 8.46. The third-order valence-electron chi connectivity index (χ3n) is 7.12. The number of urea groups is 1. The van der Waals surface area contributed by atoms with Crippen LogP contribution in [0, 0.1) is 12.7 Å². The second kappa shape index (κ2) is 10.1. The Labute approximate surface area is 231 Å². The van der Waals surface area contributed by atoms with E-state index in [9.17, 15) is 9.18 Å². The fourth-order valence-electron chi connectivity index (χ4n) is 5.25. The highest BCUT2D eigenvalue weighted by atomic mass is 35.5. The van der Waals surface area contributed by atoms with Gasteiger partial charge >= 0.3 is 6.03 Å². The van der Waals surface area contributed by atoms with Crippen LogP contribution >= 0.6 is 11.6 Å². The first-order chi connectivity index (χ1) is 18.9. The monoisotopic (exact) mass is 539 g/mol. The number of carbonyl (C=O) groups excluding carboxylic acids is 1. The minimum Gasteiger partial charge on any atom is -0.307 e. The maximum absolute atomic E-state index is 14.1. The van der Waals surface area contributed by atoms with Gasteiger partial charge < -0.3 is 14.8 Å². The molecule has 1 N–H and O–H groups in total. The van der Waals surface area contributed by atoms with Gasteiger partial charge in [-0.05, 0) is 73.0 Å². The Bertz CT molecular complexity index is 1660. The molecule has 0 aliphatic carbocycles. The molecule has 0 unspecified atom stereocenters. The maximum Gasteiger partial charge on any atom is 0.323 e. The van der Waals surface area contributed by atoms with Crippen LogP contribution in [0.15, 0.2) is 91.1 Å². The standard InChI is InChI=1S/C31H27ClFN5O/c1-3-26-24-19-37(31(39)34-27-16-11-20(2)18-25(27)32)29(21-12-14-22(33)15-13-21)28-10-7-17-36(28)30(24)38(35-26)23-8-5-4-6-9-23/h4-18,29H,3,19H2,1-2H3,(H,34,39)/t29-/m1/s1. The SMILES string of the molecule is CCc1nn(-c2ccccc2)c2c1CN(C(=O)Nc1ccc(C)cc1Cl)[C@H](c1ccc(F)cc1)c1cccn1-2. The lowest BCUT2D eigenvalue weighted by atomic mass is 10.0. The smallest absolute Gasteiger partial charge is 0.307 e. The number of rotatable bonds is 4. The number of amides is 2. The molecule has 0 bridgehead atoms. The zero-order chi connectivity index (χ0) is 27.1. The average Bonchev–Trinajstić information content (AvgIpc) is 3.52. The number of nitrogens with one attached hydrogen (secondary N) is 1. The Morgan fingerprint density at radius 1 is 1.05 bits per heavy atom. The fourth-order valence-corrected chi connectivity index (χ4v) is 5.53. The van der Waals surface area contributed by atoms with Crippen molar-refractivity contribution >= 4 is 23.3 Å². The maximum atomic E-state index is 14.1. The van der Waals surface area contributed by atoms with Crippen molar-refractivity contribution in [2.75, 3.05) is 5.32 Å². The Hall–Kier alpha value is -4.36. The molecule has 1 aliphatic heterocycles. The Morgan fingerprint density at radius 2 is 1.82 bits per heavy atom. The number of aryl methyl sites for hydroxylation is 2. The van der Waals surface area contributed by atoms with Crippen LogP contribution in [-0.2, 0) is 13.0 Å². The molecule has 1 aliphatic rings. The number of anilines is 1. The van der Waals surface area contributed by atoms with Gasteiger partial charge in [0.05, 0.1) is 40.4 Å². The quantitative estimate of drug-likeness (QED) is 0.258. The van der Waals surface area contributed by atoms with Crippen LogP contribution in [-0.4, -0.2) is 25.3 Å². The summed E-state index contributed by atoms with van der Waals surface area (Å²) < 4.78 is 18.0. The van der Waals surface area contributed by atoms with Gasteiger partial charge in [0.1, 0.15) is 11.6 Å². The summed E-state index contributed by atoms with van der Waals surface area (Å²) >= 11 is 6.49. The van der Waals surface area contributed by atoms with Crippen molar-refractivity contribution in [2.45, 2.75) is 32.9 Å². The number of fused-ring (bicyclic) bond motifs is 3. The summed E-state index contributed by atoms with van der Waals surface area (Å²) in [6.07, 6.45) is 2.68. The van der Waals surface area contributed by atoms with Gasteiger partial charge in [0.15, 0.2) is 0 Å². The Balaban J connectivity index is 1.54. The summed E-state index contributed by atoms with van der Waals surface area (Å²) in [4.78, 5) is 15.8. The van der Waals surface area contributed by atoms with E-state index in [1.807, 2.05) is 72.4 Å². The highest BCUT2D eigenvalue weighted by Gasteiger charge is 2.36. The Morgan fingerprint density at radius 3 is 2.54 bits per heavy atom. The van der Waals surface area contributed by atoms with E-state index in [0.717, 1.165) is 39.6 Å². The van der Waals surface area contributed by atoms with Crippen LogP contribution in [0.2, 0.25) is 5.02 Å². The first-order valence-corrected chi connectivity index (χ1v) is 13.3. The fraction of sp³-hybridized carbons (Fsp3) is 0.161. The highest BCUT2D eigenvalue weighted by Crippen LogP contribution is 2.39. The number of halogens is 2. The molecule has 3 heterocycles. The second-order valence-electron chi connectivity index (χ2n) is 9.65. The van der Waals surface area contributed by atoms with E-state index in [4.69, 9.17) is 16.7 Å². The number of hydrogen-bond acceptors (Lipinski definition) is 2. The van der Waals surface area contributed by atoms with Crippen molar-refractivity contribution in [1.82, 2.24) is 19.2 Å². The van der Waals surface area contributed by atoms with Crippen molar-refractivity contribution in [3.8, 4) is 11.5 Å². The molecule has 0 radical (unpaired) electrons. The van der Waals surface area contributed by atoms with Crippen molar-refractivity contribution in [1.29, 1.82) is 0 Å². The number of benzene rings is 3. The summed E-state index contributed by atoms with van der Waals surface area (Å²) in [6, 6.07) is 25.0. The molecular formula is C31H27ClFN5O. The van der Waals surface area contributed by atoms with E-state index >= 15 is 0 Å². The van der Waals surface area contributed by atoms with Gasteiger partial charge in [0, 0.05) is 11.8 Å². The van der Waals surface area contributed by atoms with Crippen LogP contribution in [0.1, 0.15) is 41.0 Å². The first kappa shape index (κ1) is 24.9. The molecule has 0 spiro atoms. The van der Waals surface area contributed by atoms with Gasteiger partial charge in [-0.15, -0.1) is 0 Å². The zero-order valence-corrected chi connectivity index (χ0v) is 22.4. The van der Waals surface area contributed by atoms with E-state index in [2.05, 4.69) is 16.8 Å². The zero-order valence-electron chi connectivity index (χ0n) is 21.6. The predicted octanol–water partition coefficient (Wildman–Crippen LogP) is 7.46. The highest BCUT2D eigenvalue weighted by molar-refractivity contribution is 6.33. The number of hydrogen-bond donors (Lipinski definition) is 1. The lowest BCUT2D eigenvalue weighted by molar-refractivity contribution is 0.194. The minimum absolute atomic E-state index is 0.296. The summed E-state index contributed by atoms with van der Waals surface area (Å²) in [5.41, 5.74) is 5.97.